The summed E-state index contributed by atoms with van der Waals surface area (Å²) >= 11 is 5.68. The molecule has 0 unspecified atom stereocenters. The average molecular weight is 256 g/mol. The largest absolute Gasteiger partial charge is 0.508 e. The van der Waals surface area contributed by atoms with Gasteiger partial charge in [0.2, 0.25) is 0 Å². The van der Waals surface area contributed by atoms with Crippen molar-refractivity contribution in [3.05, 3.63) is 29.3 Å². The number of aryl methyl sites for hydroxylation is 1. The van der Waals surface area contributed by atoms with Crippen LogP contribution >= 0.6 is 11.6 Å². The maximum atomic E-state index is 12.1. The lowest BCUT2D eigenvalue weighted by atomic mass is 10.1. The van der Waals surface area contributed by atoms with Crippen LogP contribution in [0.15, 0.2) is 18.2 Å². The van der Waals surface area contributed by atoms with E-state index in [2.05, 4.69) is 0 Å². The first-order valence-corrected chi connectivity index (χ1v) is 6.28. The summed E-state index contributed by atoms with van der Waals surface area (Å²) in [6.45, 7) is 5.02. The Balaban J connectivity index is 2.88. The number of phenols is 1. The van der Waals surface area contributed by atoms with E-state index in [9.17, 15) is 9.90 Å². The van der Waals surface area contributed by atoms with E-state index < -0.39 is 0 Å². The molecule has 1 amide bonds. The highest BCUT2D eigenvalue weighted by molar-refractivity contribution is 6.18. The fourth-order valence-corrected chi connectivity index (χ4v) is 1.82. The second kappa shape index (κ2) is 6.50. The van der Waals surface area contributed by atoms with Crippen molar-refractivity contribution in [2.45, 2.75) is 20.3 Å². The van der Waals surface area contributed by atoms with E-state index in [0.717, 1.165) is 12.0 Å². The van der Waals surface area contributed by atoms with Gasteiger partial charge >= 0.3 is 0 Å². The van der Waals surface area contributed by atoms with Crippen LogP contribution in [0.5, 0.6) is 5.75 Å². The molecule has 0 atom stereocenters. The van der Waals surface area contributed by atoms with E-state index >= 15 is 0 Å². The van der Waals surface area contributed by atoms with Crippen molar-refractivity contribution < 1.29 is 9.90 Å². The average Bonchev–Trinajstić information content (AvgIpc) is 2.31. The van der Waals surface area contributed by atoms with Crippen molar-refractivity contribution in [3.63, 3.8) is 0 Å². The van der Waals surface area contributed by atoms with Crippen molar-refractivity contribution in [1.29, 1.82) is 0 Å². The zero-order valence-corrected chi connectivity index (χ0v) is 11.0. The predicted molar refractivity (Wildman–Crippen MR) is 69.8 cm³/mol. The lowest BCUT2D eigenvalue weighted by molar-refractivity contribution is 0.0765. The molecule has 17 heavy (non-hydrogen) atoms. The second-order valence-corrected chi connectivity index (χ2v) is 4.36. The third-order valence-electron chi connectivity index (χ3n) is 2.59. The van der Waals surface area contributed by atoms with E-state index in [1.807, 2.05) is 6.92 Å². The first kappa shape index (κ1) is 13.8. The van der Waals surface area contributed by atoms with Gasteiger partial charge in [-0.15, -0.1) is 11.6 Å². The van der Waals surface area contributed by atoms with E-state index in [1.54, 1.807) is 24.0 Å². The van der Waals surface area contributed by atoms with Gasteiger partial charge in [0, 0.05) is 24.5 Å². The molecule has 0 radical (unpaired) electrons. The number of rotatable bonds is 5. The number of nitrogens with zero attached hydrogens (tertiary/aromatic N) is 1. The van der Waals surface area contributed by atoms with Crippen molar-refractivity contribution in [2.24, 2.45) is 0 Å². The molecule has 3 nitrogen and oxygen atoms in total. The second-order valence-electron chi connectivity index (χ2n) is 3.98. The molecule has 4 heteroatoms. The SMILES string of the molecule is CCCN(CCCl)C(=O)c1ccc(C)c(O)c1. The summed E-state index contributed by atoms with van der Waals surface area (Å²) in [5.41, 5.74) is 1.27. The smallest absolute Gasteiger partial charge is 0.254 e. The van der Waals surface area contributed by atoms with Crippen LogP contribution in [0.4, 0.5) is 0 Å². The molecule has 0 fully saturated rings. The van der Waals surface area contributed by atoms with Crippen molar-refractivity contribution in [1.82, 2.24) is 4.90 Å². The fourth-order valence-electron chi connectivity index (χ4n) is 1.61. The Morgan fingerprint density at radius 3 is 2.65 bits per heavy atom. The van der Waals surface area contributed by atoms with Gasteiger partial charge in [-0.1, -0.05) is 13.0 Å². The van der Waals surface area contributed by atoms with E-state index in [1.165, 1.54) is 6.07 Å². The predicted octanol–water partition coefficient (Wildman–Crippen LogP) is 2.79. The minimum atomic E-state index is -0.0807. The summed E-state index contributed by atoms with van der Waals surface area (Å²) in [4.78, 5) is 13.8. The Hall–Kier alpha value is -1.22. The standard InChI is InChI=1S/C13H18ClNO2/c1-3-7-15(8-6-14)13(17)11-5-4-10(2)12(16)9-11/h4-5,9,16H,3,6-8H2,1-2H3. The number of carbonyl (C=O) groups is 1. The van der Waals surface area contributed by atoms with Gasteiger partial charge in [-0.25, -0.2) is 0 Å². The lowest BCUT2D eigenvalue weighted by Crippen LogP contribution is -2.33. The molecule has 94 valence electrons. The third-order valence-corrected chi connectivity index (χ3v) is 2.76. The molecular weight excluding hydrogens is 238 g/mol. The van der Waals surface area contributed by atoms with Crippen molar-refractivity contribution >= 4 is 17.5 Å². The highest BCUT2D eigenvalue weighted by Crippen LogP contribution is 2.18. The minimum Gasteiger partial charge on any atom is -0.508 e. The van der Waals surface area contributed by atoms with Gasteiger partial charge in [-0.2, -0.15) is 0 Å². The Labute approximate surface area is 107 Å². The normalized spacial score (nSPS) is 10.3. The monoisotopic (exact) mass is 255 g/mol. The number of alkyl halides is 1. The topological polar surface area (TPSA) is 40.5 Å². The summed E-state index contributed by atoms with van der Waals surface area (Å²) in [7, 11) is 0. The van der Waals surface area contributed by atoms with Gasteiger partial charge in [-0.05, 0) is 31.0 Å². The van der Waals surface area contributed by atoms with Crippen LogP contribution in [-0.2, 0) is 0 Å². The molecule has 0 bridgehead atoms. The highest BCUT2D eigenvalue weighted by atomic mass is 35.5. The Bertz CT molecular complexity index is 387. The number of aromatic hydroxyl groups is 1. The summed E-state index contributed by atoms with van der Waals surface area (Å²) in [5.74, 6) is 0.491. The van der Waals surface area contributed by atoms with Gasteiger partial charge in [0.25, 0.3) is 5.91 Å². The molecule has 0 saturated carbocycles. The zero-order valence-electron chi connectivity index (χ0n) is 10.2. The Morgan fingerprint density at radius 1 is 1.41 bits per heavy atom. The van der Waals surface area contributed by atoms with Crippen LogP contribution in [0.25, 0.3) is 0 Å². The molecule has 0 heterocycles. The molecule has 0 aliphatic carbocycles. The summed E-state index contributed by atoms with van der Waals surface area (Å²) in [5, 5.41) is 9.59. The molecule has 0 saturated heterocycles. The van der Waals surface area contributed by atoms with E-state index in [0.29, 0.717) is 24.5 Å². The van der Waals surface area contributed by atoms with Crippen LogP contribution in [0.1, 0.15) is 29.3 Å². The van der Waals surface area contributed by atoms with Crippen LogP contribution < -0.4 is 0 Å². The van der Waals surface area contributed by atoms with Crippen molar-refractivity contribution in [3.8, 4) is 5.75 Å². The summed E-state index contributed by atoms with van der Waals surface area (Å²) < 4.78 is 0. The van der Waals surface area contributed by atoms with E-state index in [-0.39, 0.29) is 11.7 Å². The first-order chi connectivity index (χ1) is 8.10. The molecule has 1 aromatic carbocycles. The molecule has 1 aromatic rings. The van der Waals surface area contributed by atoms with Gasteiger partial charge in [0.05, 0.1) is 0 Å². The van der Waals surface area contributed by atoms with Crippen LogP contribution in [-0.4, -0.2) is 34.9 Å². The number of hydrogen-bond donors (Lipinski definition) is 1. The molecule has 0 aliphatic rings. The first-order valence-electron chi connectivity index (χ1n) is 5.75. The third kappa shape index (κ3) is 3.63. The van der Waals surface area contributed by atoms with Crippen molar-refractivity contribution in [2.75, 3.05) is 19.0 Å². The van der Waals surface area contributed by atoms with Gasteiger partial charge in [-0.3, -0.25) is 4.79 Å². The van der Waals surface area contributed by atoms with Crippen LogP contribution in [0, 0.1) is 6.92 Å². The number of amides is 1. The van der Waals surface area contributed by atoms with Gasteiger partial charge in [0.1, 0.15) is 5.75 Å². The van der Waals surface area contributed by atoms with Crippen LogP contribution in [0.2, 0.25) is 0 Å². The molecule has 0 aromatic heterocycles. The van der Waals surface area contributed by atoms with Crippen LogP contribution in [0.3, 0.4) is 0 Å². The summed E-state index contributed by atoms with van der Waals surface area (Å²) in [6.07, 6.45) is 0.889. The highest BCUT2D eigenvalue weighted by Gasteiger charge is 2.15. The zero-order chi connectivity index (χ0) is 12.8. The molecule has 1 rings (SSSR count). The lowest BCUT2D eigenvalue weighted by Gasteiger charge is -2.21. The quantitative estimate of drug-likeness (QED) is 0.822. The number of benzene rings is 1. The van der Waals surface area contributed by atoms with Gasteiger partial charge in [0.15, 0.2) is 0 Å². The molecular formula is C13H18ClNO2. The Morgan fingerprint density at radius 2 is 2.12 bits per heavy atom. The number of halogens is 1. The maximum Gasteiger partial charge on any atom is 0.254 e. The fraction of sp³-hybridized carbons (Fsp3) is 0.462. The molecule has 0 spiro atoms. The summed E-state index contributed by atoms with van der Waals surface area (Å²) in [6, 6.07) is 4.98. The van der Waals surface area contributed by atoms with Gasteiger partial charge < -0.3 is 10.0 Å². The molecule has 1 N–H and O–H groups in total. The molecule has 0 aliphatic heterocycles. The minimum absolute atomic E-state index is 0.0807. The number of carbonyl (C=O) groups excluding carboxylic acids is 1. The number of phenolic OH excluding ortho intramolecular Hbond substituents is 1. The maximum absolute atomic E-state index is 12.1. The Kier molecular flexibility index (Phi) is 5.29. The van der Waals surface area contributed by atoms with E-state index in [4.69, 9.17) is 11.6 Å². The number of hydrogen-bond acceptors (Lipinski definition) is 2.